The summed E-state index contributed by atoms with van der Waals surface area (Å²) < 4.78 is 12.3. The third-order valence-corrected chi connectivity index (χ3v) is 5.54. The molecule has 0 unspecified atom stereocenters. The Hall–Kier alpha value is -3.32. The number of aryl methyl sites for hydroxylation is 1. The SMILES string of the molecule is COC(=O)c1ccc(CSc2nnc(Cc3ccccc3)n2-c2ccc(C)cc2)o1. The Morgan fingerprint density at radius 2 is 1.80 bits per heavy atom. The van der Waals surface area contributed by atoms with Crippen molar-refractivity contribution in [3.63, 3.8) is 0 Å². The van der Waals surface area contributed by atoms with Crippen molar-refractivity contribution in [2.24, 2.45) is 0 Å². The monoisotopic (exact) mass is 419 g/mol. The van der Waals surface area contributed by atoms with E-state index in [1.165, 1.54) is 30.0 Å². The molecule has 0 aliphatic carbocycles. The highest BCUT2D eigenvalue weighted by Crippen LogP contribution is 2.27. The molecule has 6 nitrogen and oxygen atoms in total. The minimum Gasteiger partial charge on any atom is -0.463 e. The van der Waals surface area contributed by atoms with Gasteiger partial charge in [-0.1, -0.05) is 59.8 Å². The number of aromatic nitrogens is 3. The second-order valence-corrected chi connectivity index (χ2v) is 7.72. The Balaban J connectivity index is 1.61. The van der Waals surface area contributed by atoms with Crippen molar-refractivity contribution in [1.29, 1.82) is 0 Å². The molecule has 0 saturated carbocycles. The van der Waals surface area contributed by atoms with Crippen molar-refractivity contribution in [3.05, 3.63) is 95.2 Å². The van der Waals surface area contributed by atoms with Crippen molar-refractivity contribution >= 4 is 17.7 Å². The number of ether oxygens (including phenoxy) is 1. The van der Waals surface area contributed by atoms with Crippen LogP contribution in [0.4, 0.5) is 0 Å². The van der Waals surface area contributed by atoms with E-state index in [4.69, 9.17) is 9.15 Å². The molecule has 0 amide bonds. The zero-order valence-corrected chi connectivity index (χ0v) is 17.6. The van der Waals surface area contributed by atoms with E-state index in [2.05, 4.69) is 58.1 Å². The Morgan fingerprint density at radius 3 is 2.53 bits per heavy atom. The third kappa shape index (κ3) is 4.46. The zero-order valence-electron chi connectivity index (χ0n) is 16.7. The standard InChI is InChI=1S/C23H21N3O3S/c1-16-8-10-18(11-9-16)26-21(14-17-6-4-3-5-7-17)24-25-23(26)30-15-19-12-13-20(29-19)22(27)28-2/h3-13H,14-15H2,1-2H3. The van der Waals surface area contributed by atoms with E-state index in [1.807, 2.05) is 18.2 Å². The van der Waals surface area contributed by atoms with E-state index in [1.54, 1.807) is 12.1 Å². The van der Waals surface area contributed by atoms with Crippen LogP contribution in [0.5, 0.6) is 0 Å². The van der Waals surface area contributed by atoms with Crippen LogP contribution < -0.4 is 0 Å². The second-order valence-electron chi connectivity index (χ2n) is 6.78. The first-order valence-electron chi connectivity index (χ1n) is 9.49. The van der Waals surface area contributed by atoms with Gasteiger partial charge in [-0.05, 0) is 36.8 Å². The molecule has 152 valence electrons. The van der Waals surface area contributed by atoms with Crippen molar-refractivity contribution < 1.29 is 13.9 Å². The number of nitrogens with zero attached hydrogens (tertiary/aromatic N) is 3. The molecule has 4 rings (SSSR count). The third-order valence-electron chi connectivity index (χ3n) is 4.59. The minimum absolute atomic E-state index is 0.192. The maximum Gasteiger partial charge on any atom is 0.373 e. The summed E-state index contributed by atoms with van der Waals surface area (Å²) >= 11 is 1.51. The van der Waals surface area contributed by atoms with Gasteiger partial charge in [-0.3, -0.25) is 4.57 Å². The molecule has 2 heterocycles. The second kappa shape index (κ2) is 9.00. The number of methoxy groups -OCH3 is 1. The van der Waals surface area contributed by atoms with Crippen LogP contribution in [0.2, 0.25) is 0 Å². The summed E-state index contributed by atoms with van der Waals surface area (Å²) in [6.07, 6.45) is 0.676. The maximum absolute atomic E-state index is 11.6. The van der Waals surface area contributed by atoms with Crippen LogP contribution in [-0.2, 0) is 16.9 Å². The molecule has 4 aromatic rings. The number of furan rings is 1. The largest absolute Gasteiger partial charge is 0.463 e. The number of esters is 1. The molecule has 0 saturated heterocycles. The fraction of sp³-hybridized carbons (Fsp3) is 0.174. The summed E-state index contributed by atoms with van der Waals surface area (Å²) in [5.41, 5.74) is 3.37. The van der Waals surface area contributed by atoms with Gasteiger partial charge in [-0.25, -0.2) is 4.79 Å². The Morgan fingerprint density at radius 1 is 1.03 bits per heavy atom. The van der Waals surface area contributed by atoms with Gasteiger partial charge in [0.05, 0.1) is 12.9 Å². The number of carbonyl (C=O) groups excluding carboxylic acids is 1. The summed E-state index contributed by atoms with van der Waals surface area (Å²) in [6, 6.07) is 21.9. The normalized spacial score (nSPS) is 10.9. The van der Waals surface area contributed by atoms with Gasteiger partial charge in [0.15, 0.2) is 5.16 Å². The predicted octanol–water partition coefficient (Wildman–Crippen LogP) is 4.84. The van der Waals surface area contributed by atoms with Gasteiger partial charge in [0.2, 0.25) is 5.76 Å². The van der Waals surface area contributed by atoms with Gasteiger partial charge < -0.3 is 9.15 Å². The van der Waals surface area contributed by atoms with Crippen LogP contribution >= 0.6 is 11.8 Å². The summed E-state index contributed by atoms with van der Waals surface area (Å²) in [7, 11) is 1.33. The molecule has 0 aliphatic heterocycles. The molecule has 0 aliphatic rings. The summed E-state index contributed by atoms with van der Waals surface area (Å²) in [5, 5.41) is 9.65. The molecule has 0 spiro atoms. The lowest BCUT2D eigenvalue weighted by Crippen LogP contribution is -2.04. The van der Waals surface area contributed by atoms with Crippen LogP contribution in [0.15, 0.2) is 76.3 Å². The van der Waals surface area contributed by atoms with Gasteiger partial charge >= 0.3 is 5.97 Å². The number of hydrogen-bond acceptors (Lipinski definition) is 6. The number of rotatable bonds is 7. The molecular weight excluding hydrogens is 398 g/mol. The van der Waals surface area contributed by atoms with Crippen molar-refractivity contribution in [2.45, 2.75) is 24.3 Å². The molecule has 0 bridgehead atoms. The van der Waals surface area contributed by atoms with Crippen LogP contribution in [0, 0.1) is 6.92 Å². The van der Waals surface area contributed by atoms with E-state index in [0.717, 1.165) is 16.7 Å². The van der Waals surface area contributed by atoms with Crippen LogP contribution in [-0.4, -0.2) is 27.8 Å². The first kappa shape index (κ1) is 20.0. The number of thioether (sulfide) groups is 1. The lowest BCUT2D eigenvalue weighted by Gasteiger charge is -2.10. The molecule has 0 fully saturated rings. The summed E-state index contributed by atoms with van der Waals surface area (Å²) in [4.78, 5) is 11.6. The summed E-state index contributed by atoms with van der Waals surface area (Å²) in [5.74, 6) is 1.76. The van der Waals surface area contributed by atoms with E-state index >= 15 is 0 Å². The van der Waals surface area contributed by atoms with Gasteiger partial charge in [0, 0.05) is 12.1 Å². The van der Waals surface area contributed by atoms with Gasteiger partial charge in [0.25, 0.3) is 0 Å². The number of benzene rings is 2. The summed E-state index contributed by atoms with van der Waals surface area (Å²) in [6.45, 7) is 2.06. The molecule has 2 aromatic carbocycles. The molecule has 7 heteroatoms. The lowest BCUT2D eigenvalue weighted by molar-refractivity contribution is 0.0563. The van der Waals surface area contributed by atoms with E-state index < -0.39 is 5.97 Å². The Kier molecular flexibility index (Phi) is 5.99. The average molecular weight is 420 g/mol. The average Bonchev–Trinajstić information content (AvgIpc) is 3.40. The van der Waals surface area contributed by atoms with Crippen LogP contribution in [0.25, 0.3) is 5.69 Å². The fourth-order valence-electron chi connectivity index (χ4n) is 3.04. The van der Waals surface area contributed by atoms with Crippen molar-refractivity contribution in [3.8, 4) is 5.69 Å². The predicted molar refractivity (Wildman–Crippen MR) is 115 cm³/mol. The lowest BCUT2D eigenvalue weighted by atomic mass is 10.1. The zero-order chi connectivity index (χ0) is 20.9. The molecule has 0 radical (unpaired) electrons. The van der Waals surface area contributed by atoms with Crippen LogP contribution in [0.1, 0.15) is 33.3 Å². The highest BCUT2D eigenvalue weighted by Gasteiger charge is 2.17. The molecule has 2 aromatic heterocycles. The van der Waals surface area contributed by atoms with Gasteiger partial charge in [0.1, 0.15) is 11.6 Å². The number of carbonyl (C=O) groups is 1. The maximum atomic E-state index is 11.6. The molecule has 0 atom stereocenters. The number of hydrogen-bond donors (Lipinski definition) is 0. The fourth-order valence-corrected chi connectivity index (χ4v) is 3.91. The molecule has 0 N–H and O–H groups in total. The topological polar surface area (TPSA) is 70.2 Å². The minimum atomic E-state index is -0.487. The Bertz CT molecular complexity index is 1130. The smallest absolute Gasteiger partial charge is 0.373 e. The Labute approximate surface area is 178 Å². The van der Waals surface area contributed by atoms with Crippen LogP contribution in [0.3, 0.4) is 0 Å². The van der Waals surface area contributed by atoms with Crippen molar-refractivity contribution in [1.82, 2.24) is 14.8 Å². The molecular formula is C23H21N3O3S. The highest BCUT2D eigenvalue weighted by molar-refractivity contribution is 7.98. The quantitative estimate of drug-likeness (QED) is 0.315. The van der Waals surface area contributed by atoms with Crippen molar-refractivity contribution in [2.75, 3.05) is 7.11 Å². The highest BCUT2D eigenvalue weighted by atomic mass is 32.2. The van der Waals surface area contributed by atoms with E-state index in [-0.39, 0.29) is 5.76 Å². The first-order valence-corrected chi connectivity index (χ1v) is 10.5. The van der Waals surface area contributed by atoms with Gasteiger partial charge in [-0.15, -0.1) is 10.2 Å². The van der Waals surface area contributed by atoms with E-state index in [0.29, 0.717) is 17.9 Å². The van der Waals surface area contributed by atoms with E-state index in [9.17, 15) is 4.79 Å². The first-order chi connectivity index (χ1) is 14.6. The molecule has 30 heavy (non-hydrogen) atoms. The van der Waals surface area contributed by atoms with Gasteiger partial charge in [-0.2, -0.15) is 0 Å².